The summed E-state index contributed by atoms with van der Waals surface area (Å²) in [5.74, 6) is -2.45. The molecule has 0 spiro atoms. The highest BCUT2D eigenvalue weighted by Gasteiger charge is 2.45. The normalized spacial score (nSPS) is 27.7. The molecule has 0 bridgehead atoms. The lowest BCUT2D eigenvalue weighted by atomic mass is 10.3. The summed E-state index contributed by atoms with van der Waals surface area (Å²) < 4.78 is 22.7. The predicted molar refractivity (Wildman–Crippen MR) is 31.5 cm³/mol. The molecule has 1 atom stereocenters. The highest BCUT2D eigenvalue weighted by molar-refractivity contribution is 7.92. The minimum Gasteiger partial charge on any atom is -0.286 e. The van der Waals surface area contributed by atoms with E-state index in [2.05, 4.69) is 0 Å². The van der Waals surface area contributed by atoms with Gasteiger partial charge in [-0.2, -0.15) is 5.26 Å². The van der Waals surface area contributed by atoms with E-state index in [0.717, 1.165) is 0 Å². The lowest BCUT2D eigenvalue weighted by Gasteiger charge is -1.90. The number of carbonyl (C=O) groups excluding carboxylic acids is 2. The molecule has 1 rings (SSSR count). The second kappa shape index (κ2) is 2.03. The molecule has 0 aromatic rings. The zero-order valence-electron chi connectivity index (χ0n) is 5.07. The molecular weight excluding hydrogens is 172 g/mol. The second-order valence-corrected chi connectivity index (χ2v) is 3.62. The number of nitriles is 1. The Kier molecular flexibility index (Phi) is 1.42. The van der Waals surface area contributed by atoms with E-state index >= 15 is 0 Å². The first kappa shape index (κ1) is 7.68. The maximum absolute atomic E-state index is 10.6. The Morgan fingerprint density at radius 1 is 1.45 bits per heavy atom. The summed E-state index contributed by atoms with van der Waals surface area (Å²) in [7, 11) is -4.05. The fourth-order valence-electron chi connectivity index (χ4n) is 0.626. The van der Waals surface area contributed by atoms with Crippen LogP contribution in [0.5, 0.6) is 0 Å². The number of hydrogen-bond donors (Lipinski definition) is 1. The van der Waals surface area contributed by atoms with Crippen LogP contribution >= 0.6 is 0 Å². The van der Waals surface area contributed by atoms with E-state index in [1.165, 1.54) is 10.8 Å². The van der Waals surface area contributed by atoms with Crippen molar-refractivity contribution in [1.29, 1.82) is 5.26 Å². The van der Waals surface area contributed by atoms with Crippen molar-refractivity contribution in [3.05, 3.63) is 0 Å². The minimum absolute atomic E-state index is 1.21. The van der Waals surface area contributed by atoms with Crippen molar-refractivity contribution >= 4 is 21.7 Å². The zero-order chi connectivity index (χ0) is 8.65. The highest BCUT2D eigenvalue weighted by atomic mass is 32.2. The van der Waals surface area contributed by atoms with Crippen molar-refractivity contribution in [3.8, 4) is 6.07 Å². The average molecular weight is 174 g/mol. The smallest absolute Gasteiger partial charge is 0.286 e. The predicted octanol–water partition coefficient (Wildman–Crippen LogP) is -2.09. The Labute approximate surface area is 61.9 Å². The molecular formula is C4H2N2O4S. The molecule has 1 fully saturated rings. The van der Waals surface area contributed by atoms with Crippen LogP contribution in [0.2, 0.25) is 0 Å². The summed E-state index contributed by atoms with van der Waals surface area (Å²) in [6.07, 6.45) is 0. The Bertz CT molecular complexity index is 362. The molecule has 1 saturated heterocycles. The number of ketones is 1. The van der Waals surface area contributed by atoms with Crippen LogP contribution in [-0.4, -0.2) is 25.4 Å². The van der Waals surface area contributed by atoms with E-state index < -0.39 is 27.0 Å². The molecule has 11 heavy (non-hydrogen) atoms. The third-order valence-corrected chi connectivity index (χ3v) is 2.53. The van der Waals surface area contributed by atoms with Gasteiger partial charge in [-0.05, 0) is 0 Å². The quantitative estimate of drug-likeness (QED) is 0.424. The van der Waals surface area contributed by atoms with Gasteiger partial charge in [0.15, 0.2) is 0 Å². The van der Waals surface area contributed by atoms with E-state index in [9.17, 15) is 18.0 Å². The monoisotopic (exact) mass is 174 g/mol. The average Bonchev–Trinajstić information content (AvgIpc) is 2.03. The summed E-state index contributed by atoms with van der Waals surface area (Å²) in [5.41, 5.74) is 0. The molecule has 0 aliphatic carbocycles. The molecule has 0 aromatic carbocycles. The lowest BCUT2D eigenvalue weighted by molar-refractivity contribution is -0.135. The van der Waals surface area contributed by atoms with Crippen LogP contribution in [0.4, 0.5) is 0 Å². The number of Topliss-reactive ketones (excluding diaryl/α,β-unsaturated/α-hetero) is 1. The van der Waals surface area contributed by atoms with E-state index in [1.54, 1.807) is 0 Å². The fourth-order valence-corrected chi connectivity index (χ4v) is 1.63. The summed E-state index contributed by atoms with van der Waals surface area (Å²) in [6.45, 7) is 0. The van der Waals surface area contributed by atoms with Crippen molar-refractivity contribution < 1.29 is 18.0 Å². The first-order valence-corrected chi connectivity index (χ1v) is 4.03. The molecule has 58 valence electrons. The van der Waals surface area contributed by atoms with Gasteiger partial charge < -0.3 is 0 Å². The first-order valence-electron chi connectivity index (χ1n) is 2.48. The standard InChI is InChI=1S/C4H2N2O4S/c5-1-2-3(7)4(8)6-11(2,9)10/h2H,(H,6,8). The summed E-state index contributed by atoms with van der Waals surface area (Å²) in [6, 6.07) is 1.21. The molecule has 1 amide bonds. The van der Waals surface area contributed by atoms with Gasteiger partial charge in [0.05, 0.1) is 6.07 Å². The first-order chi connectivity index (χ1) is 4.99. The Hall–Kier alpha value is -1.42. The summed E-state index contributed by atoms with van der Waals surface area (Å²) in [4.78, 5) is 20.9. The Balaban J connectivity index is 3.24. The van der Waals surface area contributed by atoms with Crippen LogP contribution in [0.3, 0.4) is 0 Å². The number of sulfonamides is 1. The van der Waals surface area contributed by atoms with E-state index in [4.69, 9.17) is 5.26 Å². The number of nitrogens with one attached hydrogen (secondary N) is 1. The van der Waals surface area contributed by atoms with Gasteiger partial charge in [0, 0.05) is 0 Å². The SMILES string of the molecule is N#CC1C(=O)C(=O)NS1(=O)=O. The van der Waals surface area contributed by atoms with Crippen molar-refractivity contribution in [1.82, 2.24) is 4.72 Å². The summed E-state index contributed by atoms with van der Waals surface area (Å²) >= 11 is 0. The van der Waals surface area contributed by atoms with Crippen LogP contribution < -0.4 is 4.72 Å². The largest absolute Gasteiger partial charge is 0.303 e. The zero-order valence-corrected chi connectivity index (χ0v) is 5.88. The number of rotatable bonds is 0. The van der Waals surface area contributed by atoms with Gasteiger partial charge in [0.2, 0.25) is 5.25 Å². The molecule has 7 heteroatoms. The molecule has 0 radical (unpaired) electrons. The van der Waals surface area contributed by atoms with E-state index in [-0.39, 0.29) is 0 Å². The molecule has 1 unspecified atom stereocenters. The molecule has 1 heterocycles. The van der Waals surface area contributed by atoms with Gasteiger partial charge in [-0.25, -0.2) is 13.1 Å². The molecule has 0 aromatic heterocycles. The van der Waals surface area contributed by atoms with Gasteiger partial charge in [-0.15, -0.1) is 0 Å². The van der Waals surface area contributed by atoms with Crippen molar-refractivity contribution in [2.45, 2.75) is 5.25 Å². The summed E-state index contributed by atoms with van der Waals surface area (Å²) in [5, 5.41) is 6.28. The Morgan fingerprint density at radius 2 is 2.00 bits per heavy atom. The van der Waals surface area contributed by atoms with Crippen LogP contribution in [0.1, 0.15) is 0 Å². The maximum Gasteiger partial charge on any atom is 0.303 e. The highest BCUT2D eigenvalue weighted by Crippen LogP contribution is 2.06. The van der Waals surface area contributed by atoms with E-state index in [1.807, 2.05) is 0 Å². The van der Waals surface area contributed by atoms with Crippen LogP contribution in [0, 0.1) is 11.3 Å². The van der Waals surface area contributed by atoms with Crippen molar-refractivity contribution in [2.24, 2.45) is 0 Å². The van der Waals surface area contributed by atoms with Gasteiger partial charge in [0.25, 0.3) is 15.8 Å². The van der Waals surface area contributed by atoms with Gasteiger partial charge >= 0.3 is 5.91 Å². The molecule has 0 saturated carbocycles. The van der Waals surface area contributed by atoms with Crippen LogP contribution in [0.15, 0.2) is 0 Å². The number of carbonyl (C=O) groups is 2. The lowest BCUT2D eigenvalue weighted by Crippen LogP contribution is -2.24. The number of amides is 1. The fraction of sp³-hybridized carbons (Fsp3) is 0.250. The van der Waals surface area contributed by atoms with Crippen molar-refractivity contribution in [2.75, 3.05) is 0 Å². The Morgan fingerprint density at radius 3 is 2.18 bits per heavy atom. The third kappa shape index (κ3) is 0.969. The van der Waals surface area contributed by atoms with Gasteiger partial charge in [-0.3, -0.25) is 9.59 Å². The van der Waals surface area contributed by atoms with Crippen LogP contribution in [0.25, 0.3) is 0 Å². The van der Waals surface area contributed by atoms with Crippen LogP contribution in [-0.2, 0) is 19.6 Å². The minimum atomic E-state index is -4.05. The number of hydrogen-bond acceptors (Lipinski definition) is 5. The maximum atomic E-state index is 10.6. The topological polar surface area (TPSA) is 104 Å². The second-order valence-electron chi connectivity index (χ2n) is 1.85. The third-order valence-electron chi connectivity index (χ3n) is 1.12. The van der Waals surface area contributed by atoms with Crippen molar-refractivity contribution in [3.63, 3.8) is 0 Å². The van der Waals surface area contributed by atoms with E-state index in [0.29, 0.717) is 0 Å². The molecule has 1 aliphatic rings. The van der Waals surface area contributed by atoms with Gasteiger partial charge in [0.1, 0.15) is 0 Å². The molecule has 1 N–H and O–H groups in total. The molecule has 6 nitrogen and oxygen atoms in total. The van der Waals surface area contributed by atoms with Gasteiger partial charge in [-0.1, -0.05) is 0 Å². The number of nitrogens with zero attached hydrogens (tertiary/aromatic N) is 1. The molecule has 1 aliphatic heterocycles.